The van der Waals surface area contributed by atoms with Gasteiger partial charge < -0.3 is 20.5 Å². The number of hydrogen-bond donors (Lipinski definition) is 2. The molecule has 3 atom stereocenters. The third kappa shape index (κ3) is 3.51. The number of rotatable bonds is 7. The first kappa shape index (κ1) is 15.7. The van der Waals surface area contributed by atoms with Gasteiger partial charge in [-0.25, -0.2) is 0 Å². The molecule has 1 saturated heterocycles. The Morgan fingerprint density at radius 2 is 2.25 bits per heavy atom. The standard InChI is InChI=1S/C15H28N2O3/c1-17-15(14(16)18)8-4-5-12(15)7-10-19-11-13-6-2-3-9-20-13/h12-13,17H,2-11H2,1H3,(H2,16,18). The minimum Gasteiger partial charge on any atom is -0.379 e. The van der Waals surface area contributed by atoms with Crippen molar-refractivity contribution in [1.82, 2.24) is 5.32 Å². The number of nitrogens with one attached hydrogen (secondary N) is 1. The maximum atomic E-state index is 11.7. The van der Waals surface area contributed by atoms with Gasteiger partial charge in [-0.1, -0.05) is 6.42 Å². The molecule has 1 heterocycles. The van der Waals surface area contributed by atoms with Gasteiger partial charge in [0.15, 0.2) is 0 Å². The smallest absolute Gasteiger partial charge is 0.238 e. The van der Waals surface area contributed by atoms with Gasteiger partial charge in [-0.2, -0.15) is 0 Å². The Labute approximate surface area is 121 Å². The lowest BCUT2D eigenvalue weighted by molar-refractivity contribution is -0.126. The van der Waals surface area contributed by atoms with E-state index in [0.29, 0.717) is 13.2 Å². The highest BCUT2D eigenvalue weighted by Gasteiger charge is 2.46. The molecule has 3 unspecified atom stereocenters. The molecule has 0 aromatic rings. The topological polar surface area (TPSA) is 73.6 Å². The molecule has 2 aliphatic rings. The van der Waals surface area contributed by atoms with E-state index in [-0.39, 0.29) is 17.9 Å². The predicted molar refractivity (Wildman–Crippen MR) is 77.4 cm³/mol. The van der Waals surface area contributed by atoms with E-state index in [2.05, 4.69) is 5.32 Å². The van der Waals surface area contributed by atoms with Crippen molar-refractivity contribution >= 4 is 5.91 Å². The van der Waals surface area contributed by atoms with Crippen molar-refractivity contribution in [2.45, 2.75) is 56.6 Å². The summed E-state index contributed by atoms with van der Waals surface area (Å²) in [6.07, 6.45) is 7.60. The SMILES string of the molecule is CNC1(C(N)=O)CCCC1CCOCC1CCCCO1. The zero-order chi connectivity index (χ0) is 14.4. The summed E-state index contributed by atoms with van der Waals surface area (Å²) < 4.78 is 11.4. The number of likely N-dealkylation sites (N-methyl/N-ethyl adjacent to an activating group) is 1. The highest BCUT2D eigenvalue weighted by molar-refractivity contribution is 5.85. The van der Waals surface area contributed by atoms with Gasteiger partial charge in [-0.3, -0.25) is 4.79 Å². The van der Waals surface area contributed by atoms with E-state index < -0.39 is 5.54 Å². The van der Waals surface area contributed by atoms with Crippen LogP contribution in [-0.2, 0) is 14.3 Å². The van der Waals surface area contributed by atoms with E-state index >= 15 is 0 Å². The molecule has 1 saturated carbocycles. The lowest BCUT2D eigenvalue weighted by Gasteiger charge is -2.32. The quantitative estimate of drug-likeness (QED) is 0.689. The molecule has 0 aromatic carbocycles. The van der Waals surface area contributed by atoms with E-state index in [1.165, 1.54) is 12.8 Å². The number of primary amides is 1. The molecule has 116 valence electrons. The second kappa shape index (κ2) is 7.38. The minimum atomic E-state index is -0.523. The van der Waals surface area contributed by atoms with Crippen LogP contribution >= 0.6 is 0 Å². The van der Waals surface area contributed by atoms with E-state index in [1.54, 1.807) is 0 Å². The fraction of sp³-hybridized carbons (Fsp3) is 0.933. The van der Waals surface area contributed by atoms with Gasteiger partial charge in [0.05, 0.1) is 12.7 Å². The van der Waals surface area contributed by atoms with Crippen LogP contribution in [0.25, 0.3) is 0 Å². The summed E-state index contributed by atoms with van der Waals surface area (Å²) in [5, 5.41) is 3.16. The lowest BCUT2D eigenvalue weighted by atomic mass is 9.84. The first-order valence-corrected chi connectivity index (χ1v) is 7.87. The average molecular weight is 284 g/mol. The largest absolute Gasteiger partial charge is 0.379 e. The molecule has 0 bridgehead atoms. The zero-order valence-corrected chi connectivity index (χ0v) is 12.5. The Bertz CT molecular complexity index is 318. The highest BCUT2D eigenvalue weighted by Crippen LogP contribution is 2.37. The van der Waals surface area contributed by atoms with Gasteiger partial charge in [0.25, 0.3) is 0 Å². The first-order chi connectivity index (χ1) is 9.69. The number of carbonyl (C=O) groups excluding carboxylic acids is 1. The molecule has 0 radical (unpaired) electrons. The van der Waals surface area contributed by atoms with Crippen LogP contribution in [0, 0.1) is 5.92 Å². The number of carbonyl (C=O) groups is 1. The Morgan fingerprint density at radius 3 is 2.90 bits per heavy atom. The van der Waals surface area contributed by atoms with Crippen molar-refractivity contribution in [3.8, 4) is 0 Å². The van der Waals surface area contributed by atoms with Gasteiger partial charge >= 0.3 is 0 Å². The molecule has 0 aromatic heterocycles. The second-order valence-corrected chi connectivity index (χ2v) is 6.03. The van der Waals surface area contributed by atoms with Crippen molar-refractivity contribution in [2.24, 2.45) is 11.7 Å². The van der Waals surface area contributed by atoms with Crippen molar-refractivity contribution in [1.29, 1.82) is 0 Å². The highest BCUT2D eigenvalue weighted by atomic mass is 16.5. The summed E-state index contributed by atoms with van der Waals surface area (Å²) >= 11 is 0. The average Bonchev–Trinajstić information content (AvgIpc) is 2.89. The van der Waals surface area contributed by atoms with Gasteiger partial charge in [-0.05, 0) is 51.5 Å². The minimum absolute atomic E-state index is 0.224. The molecule has 1 amide bonds. The van der Waals surface area contributed by atoms with E-state index in [0.717, 1.165) is 38.7 Å². The summed E-state index contributed by atoms with van der Waals surface area (Å²) in [5.74, 6) is 0.0652. The third-order valence-corrected chi connectivity index (χ3v) is 4.89. The van der Waals surface area contributed by atoms with Crippen molar-refractivity contribution in [2.75, 3.05) is 26.9 Å². The lowest BCUT2D eigenvalue weighted by Crippen LogP contribution is -2.56. The van der Waals surface area contributed by atoms with Gasteiger partial charge in [0.2, 0.25) is 5.91 Å². The van der Waals surface area contributed by atoms with Crippen LogP contribution in [0.2, 0.25) is 0 Å². The summed E-state index contributed by atoms with van der Waals surface area (Å²) in [7, 11) is 1.83. The van der Waals surface area contributed by atoms with Crippen LogP contribution in [0.15, 0.2) is 0 Å². The van der Waals surface area contributed by atoms with Crippen molar-refractivity contribution in [3.05, 3.63) is 0 Å². The molecule has 5 nitrogen and oxygen atoms in total. The molecule has 0 spiro atoms. The number of amides is 1. The molecule has 2 fully saturated rings. The van der Waals surface area contributed by atoms with Gasteiger partial charge in [0.1, 0.15) is 5.54 Å². The molecular weight excluding hydrogens is 256 g/mol. The number of ether oxygens (including phenoxy) is 2. The Kier molecular flexibility index (Phi) is 5.81. The molecule has 1 aliphatic heterocycles. The second-order valence-electron chi connectivity index (χ2n) is 6.03. The molecule has 2 rings (SSSR count). The monoisotopic (exact) mass is 284 g/mol. The fourth-order valence-electron chi connectivity index (χ4n) is 3.62. The van der Waals surface area contributed by atoms with Crippen molar-refractivity contribution < 1.29 is 14.3 Å². The van der Waals surface area contributed by atoms with Crippen molar-refractivity contribution in [3.63, 3.8) is 0 Å². The van der Waals surface area contributed by atoms with E-state index in [1.807, 2.05) is 7.05 Å². The van der Waals surface area contributed by atoms with Crippen LogP contribution in [0.3, 0.4) is 0 Å². The van der Waals surface area contributed by atoms with Crippen LogP contribution in [0.4, 0.5) is 0 Å². The van der Waals surface area contributed by atoms with Gasteiger partial charge in [-0.15, -0.1) is 0 Å². The zero-order valence-electron chi connectivity index (χ0n) is 12.5. The first-order valence-electron chi connectivity index (χ1n) is 7.87. The van der Waals surface area contributed by atoms with Crippen LogP contribution in [0.5, 0.6) is 0 Å². The molecular formula is C15H28N2O3. The Hall–Kier alpha value is -0.650. The number of hydrogen-bond acceptors (Lipinski definition) is 4. The predicted octanol–water partition coefficient (Wildman–Crippen LogP) is 1.21. The summed E-state index contributed by atoms with van der Waals surface area (Å²) in [5.41, 5.74) is 5.07. The van der Waals surface area contributed by atoms with Crippen LogP contribution in [0.1, 0.15) is 44.9 Å². The Morgan fingerprint density at radius 1 is 1.40 bits per heavy atom. The third-order valence-electron chi connectivity index (χ3n) is 4.89. The van der Waals surface area contributed by atoms with E-state index in [9.17, 15) is 4.79 Å². The Balaban J connectivity index is 1.71. The van der Waals surface area contributed by atoms with Crippen LogP contribution < -0.4 is 11.1 Å². The summed E-state index contributed by atoms with van der Waals surface area (Å²) in [6.45, 7) is 2.22. The molecule has 3 N–H and O–H groups in total. The maximum Gasteiger partial charge on any atom is 0.238 e. The molecule has 5 heteroatoms. The molecule has 1 aliphatic carbocycles. The van der Waals surface area contributed by atoms with Gasteiger partial charge in [0, 0.05) is 13.2 Å². The number of nitrogens with two attached hydrogens (primary N) is 1. The molecule has 20 heavy (non-hydrogen) atoms. The summed E-state index contributed by atoms with van der Waals surface area (Å²) in [4.78, 5) is 11.7. The summed E-state index contributed by atoms with van der Waals surface area (Å²) in [6, 6.07) is 0. The normalized spacial score (nSPS) is 34.2. The van der Waals surface area contributed by atoms with Crippen LogP contribution in [-0.4, -0.2) is 44.4 Å². The fourth-order valence-corrected chi connectivity index (χ4v) is 3.62. The van der Waals surface area contributed by atoms with E-state index in [4.69, 9.17) is 15.2 Å². The maximum absolute atomic E-state index is 11.7.